The van der Waals surface area contributed by atoms with Crippen LogP contribution in [0, 0.1) is 0 Å². The van der Waals surface area contributed by atoms with Crippen molar-refractivity contribution in [3.05, 3.63) is 72.9 Å². The summed E-state index contributed by atoms with van der Waals surface area (Å²) in [4.78, 5) is 26.2. The molecule has 3 N–H and O–H groups in total. The lowest BCUT2D eigenvalue weighted by Crippen LogP contribution is -2.46. The first kappa shape index (κ1) is 63.3. The monoisotopic (exact) mass is 922 g/mol. The lowest BCUT2D eigenvalue weighted by Gasteiger charge is -2.24. The van der Waals surface area contributed by atoms with Crippen molar-refractivity contribution in [1.82, 2.24) is 5.32 Å². The van der Waals surface area contributed by atoms with E-state index in [1.807, 2.05) is 6.08 Å². The molecule has 0 rings (SSSR count). The molecule has 382 valence electrons. The first-order chi connectivity index (χ1) is 32.5. The van der Waals surface area contributed by atoms with Crippen LogP contribution in [0.25, 0.3) is 0 Å². The zero-order valence-corrected chi connectivity index (χ0v) is 43.6. The second kappa shape index (κ2) is 53.3. The third-order valence-corrected chi connectivity index (χ3v) is 12.6. The molecule has 0 aromatic carbocycles. The van der Waals surface area contributed by atoms with Crippen molar-refractivity contribution in [3.63, 3.8) is 0 Å². The number of carbonyl (C=O) groups is 2. The van der Waals surface area contributed by atoms with Crippen LogP contribution in [0.15, 0.2) is 72.9 Å². The number of aliphatic hydroxyl groups excluding tert-OH is 2. The van der Waals surface area contributed by atoms with Gasteiger partial charge in [-0.25, -0.2) is 0 Å². The molecular weight excluding hydrogens is 815 g/mol. The van der Waals surface area contributed by atoms with E-state index in [4.69, 9.17) is 4.74 Å². The Morgan fingerprint density at radius 2 is 0.773 bits per heavy atom. The number of rotatable bonds is 50. The number of amides is 1. The summed E-state index contributed by atoms with van der Waals surface area (Å²) in [6, 6.07) is -0.721. The molecule has 0 aliphatic rings. The molecular formula is C60H107NO5. The molecule has 0 fully saturated rings. The van der Waals surface area contributed by atoms with Crippen LogP contribution in [-0.4, -0.2) is 46.9 Å². The van der Waals surface area contributed by atoms with Gasteiger partial charge in [0.1, 0.15) is 6.10 Å². The van der Waals surface area contributed by atoms with Gasteiger partial charge in [0, 0.05) is 6.42 Å². The Labute approximate surface area is 409 Å². The van der Waals surface area contributed by atoms with E-state index >= 15 is 0 Å². The average molecular weight is 923 g/mol. The molecule has 0 heterocycles. The normalized spacial score (nSPS) is 13.7. The van der Waals surface area contributed by atoms with Gasteiger partial charge in [0.15, 0.2) is 0 Å². The predicted octanol–water partition coefficient (Wildman–Crippen LogP) is 17.3. The molecule has 3 unspecified atom stereocenters. The number of aliphatic hydroxyl groups is 2. The molecule has 0 saturated carbocycles. The highest BCUT2D eigenvalue weighted by atomic mass is 16.5. The van der Waals surface area contributed by atoms with E-state index in [2.05, 4.69) is 92.9 Å². The van der Waals surface area contributed by atoms with Gasteiger partial charge in [0.05, 0.1) is 25.2 Å². The van der Waals surface area contributed by atoms with E-state index in [0.29, 0.717) is 19.3 Å². The number of nitrogens with one attached hydrogen (secondary N) is 1. The standard InChI is InChI=1S/C60H107NO5/c1-4-7-10-13-16-19-22-25-28-31-33-36-39-42-45-48-51-56(66-60(65)53-50-47-44-41-38-35-30-27-24-21-18-15-12-9-6-3)54-59(64)61-57(55-62)58(63)52-49-46-43-40-37-34-32-29-26-23-20-17-14-11-8-5-2/h16,18-19,21-22,24-25,27-28,31,33,36,56-58,62-63H,4-15,17,20,23,26,29-30,32,34-35,37-55H2,1-3H3,(H,61,64)/b19-16+,21-18+,25-22+,27-24+,31-28+,36-33+. The summed E-state index contributed by atoms with van der Waals surface area (Å²) in [5, 5.41) is 23.9. The maximum atomic E-state index is 13.3. The molecule has 66 heavy (non-hydrogen) atoms. The number of carbonyl (C=O) groups excluding carboxylic acids is 2. The first-order valence-corrected chi connectivity index (χ1v) is 28.2. The zero-order valence-electron chi connectivity index (χ0n) is 43.6. The number of hydrogen-bond acceptors (Lipinski definition) is 5. The third kappa shape index (κ3) is 47.8. The van der Waals surface area contributed by atoms with E-state index in [1.165, 1.54) is 148 Å². The Morgan fingerprint density at radius 1 is 0.439 bits per heavy atom. The molecule has 0 radical (unpaired) electrons. The molecule has 0 saturated heterocycles. The Hall–Kier alpha value is -2.70. The number of hydrogen-bond donors (Lipinski definition) is 3. The summed E-state index contributed by atoms with van der Waals surface area (Å²) in [5.41, 5.74) is 0. The van der Waals surface area contributed by atoms with Crippen LogP contribution in [0.2, 0.25) is 0 Å². The predicted molar refractivity (Wildman–Crippen MR) is 287 cm³/mol. The van der Waals surface area contributed by atoms with Gasteiger partial charge in [0.2, 0.25) is 5.91 Å². The molecule has 6 nitrogen and oxygen atoms in total. The highest BCUT2D eigenvalue weighted by Gasteiger charge is 2.24. The summed E-state index contributed by atoms with van der Waals surface area (Å²) < 4.78 is 5.93. The summed E-state index contributed by atoms with van der Waals surface area (Å²) in [6.07, 6.45) is 68.1. The van der Waals surface area contributed by atoms with Crippen LogP contribution in [0.1, 0.15) is 271 Å². The summed E-state index contributed by atoms with van der Waals surface area (Å²) in [7, 11) is 0. The largest absolute Gasteiger partial charge is 0.462 e. The van der Waals surface area contributed by atoms with Crippen LogP contribution in [-0.2, 0) is 14.3 Å². The van der Waals surface area contributed by atoms with Crippen molar-refractivity contribution in [2.24, 2.45) is 0 Å². The molecule has 0 spiro atoms. The van der Waals surface area contributed by atoms with E-state index in [-0.39, 0.29) is 24.9 Å². The summed E-state index contributed by atoms with van der Waals surface area (Å²) in [5.74, 6) is -0.523. The minimum atomic E-state index is -0.804. The minimum absolute atomic E-state index is 0.0449. The van der Waals surface area contributed by atoms with Crippen LogP contribution in [0.5, 0.6) is 0 Å². The van der Waals surface area contributed by atoms with Crippen molar-refractivity contribution in [3.8, 4) is 0 Å². The summed E-state index contributed by atoms with van der Waals surface area (Å²) >= 11 is 0. The van der Waals surface area contributed by atoms with Gasteiger partial charge in [-0.2, -0.15) is 0 Å². The van der Waals surface area contributed by atoms with Gasteiger partial charge >= 0.3 is 5.97 Å². The fourth-order valence-corrected chi connectivity index (χ4v) is 8.32. The lowest BCUT2D eigenvalue weighted by molar-refractivity contribution is -0.151. The van der Waals surface area contributed by atoms with E-state index in [0.717, 1.165) is 77.0 Å². The van der Waals surface area contributed by atoms with Crippen LogP contribution in [0.4, 0.5) is 0 Å². The fourth-order valence-electron chi connectivity index (χ4n) is 8.32. The van der Waals surface area contributed by atoms with Gasteiger partial charge in [-0.05, 0) is 77.0 Å². The maximum absolute atomic E-state index is 13.3. The van der Waals surface area contributed by atoms with Gasteiger partial charge in [-0.15, -0.1) is 0 Å². The van der Waals surface area contributed by atoms with Crippen molar-refractivity contribution >= 4 is 11.9 Å². The van der Waals surface area contributed by atoms with Crippen molar-refractivity contribution in [2.75, 3.05) is 6.61 Å². The van der Waals surface area contributed by atoms with Crippen LogP contribution >= 0.6 is 0 Å². The number of unbranched alkanes of at least 4 members (excludes halogenated alkanes) is 30. The molecule has 0 aromatic heterocycles. The van der Waals surface area contributed by atoms with Crippen molar-refractivity contribution in [1.29, 1.82) is 0 Å². The molecule has 0 aromatic rings. The first-order valence-electron chi connectivity index (χ1n) is 28.2. The highest BCUT2D eigenvalue weighted by Crippen LogP contribution is 2.18. The smallest absolute Gasteiger partial charge is 0.306 e. The average Bonchev–Trinajstić information content (AvgIpc) is 3.31. The van der Waals surface area contributed by atoms with Gasteiger partial charge in [-0.3, -0.25) is 9.59 Å². The SMILES string of the molecule is CCCCC/C=C/C=C/C=C/C=C/CCCCCC(CC(=O)NC(CO)C(O)CCCCCCCCCCCCCCCCCC)OC(=O)CCCCCCCC/C=C/C=C/CCCCC. The molecule has 0 aliphatic carbocycles. The molecule has 6 heteroatoms. The van der Waals surface area contributed by atoms with Crippen LogP contribution < -0.4 is 5.32 Å². The second-order valence-electron chi connectivity index (χ2n) is 19.1. The van der Waals surface area contributed by atoms with Crippen molar-refractivity contribution in [2.45, 2.75) is 289 Å². The van der Waals surface area contributed by atoms with Gasteiger partial charge < -0.3 is 20.3 Å². The second-order valence-corrected chi connectivity index (χ2v) is 19.1. The maximum Gasteiger partial charge on any atom is 0.306 e. The minimum Gasteiger partial charge on any atom is -0.462 e. The Kier molecular flexibility index (Phi) is 51.1. The molecule has 0 aliphatic heterocycles. The molecule has 0 bridgehead atoms. The van der Waals surface area contributed by atoms with E-state index in [1.54, 1.807) is 0 Å². The Balaban J connectivity index is 4.66. The highest BCUT2D eigenvalue weighted by molar-refractivity contribution is 5.77. The topological polar surface area (TPSA) is 95.9 Å². The van der Waals surface area contributed by atoms with Gasteiger partial charge in [-0.1, -0.05) is 254 Å². The number of allylic oxidation sites excluding steroid dienone is 12. The zero-order chi connectivity index (χ0) is 48.1. The molecule has 3 atom stereocenters. The van der Waals surface area contributed by atoms with E-state index < -0.39 is 18.2 Å². The van der Waals surface area contributed by atoms with E-state index in [9.17, 15) is 19.8 Å². The number of ether oxygens (including phenoxy) is 1. The van der Waals surface area contributed by atoms with Gasteiger partial charge in [0.25, 0.3) is 0 Å². The fraction of sp³-hybridized carbons (Fsp3) is 0.767. The third-order valence-electron chi connectivity index (χ3n) is 12.6. The summed E-state index contributed by atoms with van der Waals surface area (Å²) in [6.45, 7) is 6.42. The lowest BCUT2D eigenvalue weighted by atomic mass is 10.0. The Morgan fingerprint density at radius 3 is 1.23 bits per heavy atom. The number of esters is 1. The Bertz CT molecular complexity index is 1220. The van der Waals surface area contributed by atoms with Crippen LogP contribution in [0.3, 0.4) is 0 Å². The molecule has 1 amide bonds. The quantitative estimate of drug-likeness (QED) is 0.0321. The van der Waals surface area contributed by atoms with Crippen molar-refractivity contribution < 1.29 is 24.5 Å².